The van der Waals surface area contributed by atoms with Gasteiger partial charge in [0.05, 0.1) is 10.6 Å². The molecule has 1 saturated carbocycles. The van der Waals surface area contributed by atoms with Crippen molar-refractivity contribution in [2.24, 2.45) is 0 Å². The number of hydrogen-bond acceptors (Lipinski definition) is 6. The first-order chi connectivity index (χ1) is 11.3. The van der Waals surface area contributed by atoms with E-state index in [1.54, 1.807) is 11.3 Å². The SMILES string of the molecule is CCN(C(=O)CSc1nnc(-c2cccs2)o1)C1CCCCC1. The zero-order valence-corrected chi connectivity index (χ0v) is 14.9. The fourth-order valence-corrected chi connectivity index (χ4v) is 4.30. The molecule has 0 radical (unpaired) electrons. The number of thioether (sulfide) groups is 1. The maximum atomic E-state index is 12.5. The number of hydrogen-bond donors (Lipinski definition) is 0. The van der Waals surface area contributed by atoms with Gasteiger partial charge in [0.15, 0.2) is 0 Å². The van der Waals surface area contributed by atoms with Crippen LogP contribution in [-0.4, -0.2) is 39.3 Å². The van der Waals surface area contributed by atoms with Crippen LogP contribution in [0.4, 0.5) is 0 Å². The normalized spacial score (nSPS) is 15.7. The van der Waals surface area contributed by atoms with E-state index in [-0.39, 0.29) is 5.91 Å². The largest absolute Gasteiger partial charge is 0.410 e. The predicted octanol–water partition coefficient (Wildman–Crippen LogP) is 4.07. The summed E-state index contributed by atoms with van der Waals surface area (Å²) in [5, 5.41) is 10.5. The molecule has 3 rings (SSSR count). The van der Waals surface area contributed by atoms with Crippen LogP contribution in [0.2, 0.25) is 0 Å². The number of carbonyl (C=O) groups excluding carboxylic acids is 1. The summed E-state index contributed by atoms with van der Waals surface area (Å²) < 4.78 is 5.62. The van der Waals surface area contributed by atoms with Crippen molar-refractivity contribution in [3.63, 3.8) is 0 Å². The van der Waals surface area contributed by atoms with E-state index < -0.39 is 0 Å². The molecule has 1 aliphatic carbocycles. The Morgan fingerprint density at radius 2 is 2.22 bits per heavy atom. The van der Waals surface area contributed by atoms with E-state index >= 15 is 0 Å². The molecular formula is C16H21N3O2S2. The van der Waals surface area contributed by atoms with Crippen LogP contribution in [0, 0.1) is 0 Å². The summed E-state index contributed by atoms with van der Waals surface area (Å²) >= 11 is 2.89. The van der Waals surface area contributed by atoms with Gasteiger partial charge in [0.2, 0.25) is 5.91 Å². The van der Waals surface area contributed by atoms with E-state index in [0.29, 0.717) is 22.9 Å². The second-order valence-electron chi connectivity index (χ2n) is 5.61. The summed E-state index contributed by atoms with van der Waals surface area (Å²) in [6.45, 7) is 2.83. The molecule has 0 N–H and O–H groups in total. The van der Waals surface area contributed by atoms with Crippen molar-refractivity contribution in [1.29, 1.82) is 0 Å². The molecule has 1 amide bonds. The van der Waals surface area contributed by atoms with E-state index in [1.165, 1.54) is 31.0 Å². The summed E-state index contributed by atoms with van der Waals surface area (Å²) in [4.78, 5) is 15.5. The summed E-state index contributed by atoms with van der Waals surface area (Å²) in [5.41, 5.74) is 0. The third kappa shape index (κ3) is 4.14. The fourth-order valence-electron chi connectivity index (χ4n) is 3.01. The Labute approximate surface area is 144 Å². The van der Waals surface area contributed by atoms with E-state index in [1.807, 2.05) is 22.4 Å². The van der Waals surface area contributed by atoms with Gasteiger partial charge in [-0.2, -0.15) is 0 Å². The van der Waals surface area contributed by atoms with Crippen molar-refractivity contribution in [2.75, 3.05) is 12.3 Å². The molecule has 124 valence electrons. The zero-order valence-electron chi connectivity index (χ0n) is 13.2. The summed E-state index contributed by atoms with van der Waals surface area (Å²) in [5.74, 6) is 1.05. The Hall–Kier alpha value is -1.34. The third-order valence-corrected chi connectivity index (χ3v) is 5.80. The summed E-state index contributed by atoms with van der Waals surface area (Å²) in [6, 6.07) is 4.30. The molecule has 0 atom stereocenters. The van der Waals surface area contributed by atoms with Crippen LogP contribution in [-0.2, 0) is 4.79 Å². The number of carbonyl (C=O) groups is 1. The van der Waals surface area contributed by atoms with Crippen LogP contribution < -0.4 is 0 Å². The zero-order chi connectivity index (χ0) is 16.1. The minimum atomic E-state index is 0.167. The van der Waals surface area contributed by atoms with Crippen LogP contribution in [0.15, 0.2) is 27.2 Å². The number of rotatable bonds is 6. The number of thiophene rings is 1. The second-order valence-corrected chi connectivity index (χ2v) is 7.48. The van der Waals surface area contributed by atoms with Gasteiger partial charge in [0, 0.05) is 12.6 Å². The van der Waals surface area contributed by atoms with E-state index in [0.717, 1.165) is 24.3 Å². The van der Waals surface area contributed by atoms with Crippen molar-refractivity contribution in [3.8, 4) is 10.8 Å². The Bertz CT molecular complexity index is 621. The van der Waals surface area contributed by atoms with Crippen LogP contribution >= 0.6 is 23.1 Å². The molecule has 0 aliphatic heterocycles. The van der Waals surface area contributed by atoms with Gasteiger partial charge in [-0.3, -0.25) is 4.79 Å². The average molecular weight is 351 g/mol. The molecule has 0 unspecified atom stereocenters. The lowest BCUT2D eigenvalue weighted by molar-refractivity contribution is -0.131. The predicted molar refractivity (Wildman–Crippen MR) is 92.6 cm³/mol. The molecule has 1 fully saturated rings. The van der Waals surface area contributed by atoms with Crippen LogP contribution in [0.5, 0.6) is 0 Å². The van der Waals surface area contributed by atoms with Gasteiger partial charge < -0.3 is 9.32 Å². The van der Waals surface area contributed by atoms with Gasteiger partial charge in [-0.05, 0) is 31.2 Å². The molecule has 2 aromatic heterocycles. The maximum absolute atomic E-state index is 12.5. The molecule has 1 aliphatic rings. The first-order valence-electron chi connectivity index (χ1n) is 8.07. The molecular weight excluding hydrogens is 330 g/mol. The first kappa shape index (κ1) is 16.5. The Kier molecular flexibility index (Phi) is 5.72. The fraction of sp³-hybridized carbons (Fsp3) is 0.562. The lowest BCUT2D eigenvalue weighted by Crippen LogP contribution is -2.42. The van der Waals surface area contributed by atoms with Crippen LogP contribution in [0.25, 0.3) is 10.8 Å². The topological polar surface area (TPSA) is 59.2 Å². The minimum Gasteiger partial charge on any atom is -0.410 e. The number of nitrogens with zero attached hydrogens (tertiary/aromatic N) is 3. The van der Waals surface area contributed by atoms with Crippen molar-refractivity contribution in [1.82, 2.24) is 15.1 Å². The summed E-state index contributed by atoms with van der Waals surface area (Å²) in [6.07, 6.45) is 6.02. The number of aromatic nitrogens is 2. The minimum absolute atomic E-state index is 0.167. The third-order valence-electron chi connectivity index (χ3n) is 4.13. The maximum Gasteiger partial charge on any atom is 0.277 e. The smallest absolute Gasteiger partial charge is 0.277 e. The quantitative estimate of drug-likeness (QED) is 0.734. The molecule has 5 nitrogen and oxygen atoms in total. The standard InChI is InChI=1S/C16H21N3O2S2/c1-2-19(12-7-4-3-5-8-12)14(20)11-23-16-18-17-15(21-16)13-9-6-10-22-13/h6,9-10,12H,2-5,7-8,11H2,1H3. The number of amides is 1. The van der Waals surface area contributed by atoms with Gasteiger partial charge in [-0.25, -0.2) is 0 Å². The lowest BCUT2D eigenvalue weighted by atomic mass is 9.94. The van der Waals surface area contributed by atoms with Gasteiger partial charge >= 0.3 is 0 Å². The molecule has 0 bridgehead atoms. The van der Waals surface area contributed by atoms with Crippen molar-refractivity contribution >= 4 is 29.0 Å². The molecule has 0 spiro atoms. The van der Waals surface area contributed by atoms with Crippen molar-refractivity contribution in [3.05, 3.63) is 17.5 Å². The van der Waals surface area contributed by atoms with Crippen molar-refractivity contribution in [2.45, 2.75) is 50.3 Å². The van der Waals surface area contributed by atoms with Gasteiger partial charge in [0.25, 0.3) is 11.1 Å². The Morgan fingerprint density at radius 1 is 1.39 bits per heavy atom. The highest BCUT2D eigenvalue weighted by Gasteiger charge is 2.24. The van der Waals surface area contributed by atoms with Crippen LogP contribution in [0.3, 0.4) is 0 Å². The van der Waals surface area contributed by atoms with Gasteiger partial charge in [-0.1, -0.05) is 37.1 Å². The van der Waals surface area contributed by atoms with E-state index in [4.69, 9.17) is 4.42 Å². The van der Waals surface area contributed by atoms with E-state index in [9.17, 15) is 4.79 Å². The second kappa shape index (κ2) is 7.97. The molecule has 7 heteroatoms. The highest BCUT2D eigenvalue weighted by Crippen LogP contribution is 2.27. The lowest BCUT2D eigenvalue weighted by Gasteiger charge is -2.33. The average Bonchev–Trinajstić information content (AvgIpc) is 3.26. The molecule has 0 saturated heterocycles. The highest BCUT2D eigenvalue weighted by atomic mass is 32.2. The molecule has 2 heterocycles. The van der Waals surface area contributed by atoms with Crippen molar-refractivity contribution < 1.29 is 9.21 Å². The van der Waals surface area contributed by atoms with Gasteiger partial charge in [-0.15, -0.1) is 21.5 Å². The van der Waals surface area contributed by atoms with Crippen LogP contribution in [0.1, 0.15) is 39.0 Å². The first-order valence-corrected chi connectivity index (χ1v) is 9.94. The highest BCUT2D eigenvalue weighted by molar-refractivity contribution is 7.99. The molecule has 23 heavy (non-hydrogen) atoms. The molecule has 2 aromatic rings. The van der Waals surface area contributed by atoms with E-state index in [2.05, 4.69) is 17.1 Å². The van der Waals surface area contributed by atoms with Gasteiger partial charge in [0.1, 0.15) is 0 Å². The Balaban J connectivity index is 1.55. The summed E-state index contributed by atoms with van der Waals surface area (Å²) in [7, 11) is 0. The monoisotopic (exact) mass is 351 g/mol. The molecule has 0 aromatic carbocycles. The Morgan fingerprint density at radius 3 is 2.91 bits per heavy atom.